The Balaban J connectivity index is 2.11. The maximum atomic E-state index is 11.6. The zero-order valence-corrected chi connectivity index (χ0v) is 8.87. The van der Waals surface area contributed by atoms with Crippen molar-refractivity contribution in [1.29, 1.82) is 0 Å². The number of amides is 2. The molecule has 1 fully saturated rings. The average Bonchev–Trinajstić information content (AvgIpc) is 2.59. The molecule has 0 aliphatic heterocycles. The number of rotatable bonds is 5. The lowest BCUT2D eigenvalue weighted by Crippen LogP contribution is -2.31. The number of nitrogens with two attached hydrogens (primary N) is 2. The summed E-state index contributed by atoms with van der Waals surface area (Å²) in [6, 6.07) is 0.173. The van der Waals surface area contributed by atoms with Gasteiger partial charge in [0.25, 0.3) is 0 Å². The molecule has 0 aromatic rings. The molecule has 1 aliphatic rings. The van der Waals surface area contributed by atoms with E-state index in [4.69, 9.17) is 11.5 Å². The van der Waals surface area contributed by atoms with Crippen LogP contribution in [-0.2, 0) is 9.59 Å². The first kappa shape index (κ1) is 12.0. The Morgan fingerprint density at radius 3 is 2.60 bits per heavy atom. The number of carbonyl (C=O) groups is 2. The highest BCUT2D eigenvalue weighted by Crippen LogP contribution is 2.23. The molecule has 5 heteroatoms. The third-order valence-electron chi connectivity index (χ3n) is 2.74. The van der Waals surface area contributed by atoms with Crippen molar-refractivity contribution in [3.05, 3.63) is 0 Å². The summed E-state index contributed by atoms with van der Waals surface area (Å²) in [6.07, 6.45) is 3.52. The van der Waals surface area contributed by atoms with Gasteiger partial charge in [0, 0.05) is 24.9 Å². The number of carbonyl (C=O) groups excluding carboxylic acids is 2. The van der Waals surface area contributed by atoms with Crippen molar-refractivity contribution < 1.29 is 9.59 Å². The predicted molar refractivity (Wildman–Crippen MR) is 56.8 cm³/mol. The Kier molecular flexibility index (Phi) is 4.55. The summed E-state index contributed by atoms with van der Waals surface area (Å²) in [4.78, 5) is 22.0. The topological polar surface area (TPSA) is 98.2 Å². The second kappa shape index (κ2) is 5.70. The van der Waals surface area contributed by atoms with Gasteiger partial charge in [-0.05, 0) is 25.7 Å². The molecule has 1 saturated carbocycles. The zero-order chi connectivity index (χ0) is 11.3. The van der Waals surface area contributed by atoms with E-state index in [0.29, 0.717) is 19.4 Å². The largest absolute Gasteiger partial charge is 0.370 e. The highest BCUT2D eigenvalue weighted by molar-refractivity contribution is 5.79. The third kappa shape index (κ3) is 4.29. The van der Waals surface area contributed by atoms with Crippen LogP contribution in [0.4, 0.5) is 0 Å². The van der Waals surface area contributed by atoms with Gasteiger partial charge in [-0.15, -0.1) is 0 Å². The van der Waals surface area contributed by atoms with Crippen molar-refractivity contribution in [2.24, 2.45) is 17.4 Å². The number of nitrogens with one attached hydrogen (secondary N) is 1. The van der Waals surface area contributed by atoms with E-state index >= 15 is 0 Å². The molecule has 1 aliphatic carbocycles. The van der Waals surface area contributed by atoms with Gasteiger partial charge in [-0.25, -0.2) is 0 Å². The molecular weight excluding hydrogens is 194 g/mol. The molecule has 0 radical (unpaired) electrons. The summed E-state index contributed by atoms with van der Waals surface area (Å²) in [5.41, 5.74) is 10.7. The predicted octanol–water partition coefficient (Wildman–Crippen LogP) is -0.504. The maximum Gasteiger partial charge on any atom is 0.223 e. The highest BCUT2D eigenvalue weighted by Gasteiger charge is 2.27. The average molecular weight is 213 g/mol. The lowest BCUT2D eigenvalue weighted by Gasteiger charge is -2.09. The van der Waals surface area contributed by atoms with Gasteiger partial charge in [0.2, 0.25) is 11.8 Å². The number of primary amides is 1. The van der Waals surface area contributed by atoms with Gasteiger partial charge in [0.15, 0.2) is 0 Å². The van der Waals surface area contributed by atoms with Crippen LogP contribution in [0.3, 0.4) is 0 Å². The molecule has 0 aromatic heterocycles. The normalized spacial score (nSPS) is 25.1. The van der Waals surface area contributed by atoms with Gasteiger partial charge < -0.3 is 16.8 Å². The van der Waals surface area contributed by atoms with Crippen molar-refractivity contribution in [2.75, 3.05) is 6.54 Å². The Hall–Kier alpha value is -1.10. The molecule has 2 atom stereocenters. The molecule has 2 amide bonds. The molecule has 5 nitrogen and oxygen atoms in total. The molecule has 2 unspecified atom stereocenters. The first-order chi connectivity index (χ1) is 7.09. The second-order valence-corrected chi connectivity index (χ2v) is 4.13. The van der Waals surface area contributed by atoms with Crippen molar-refractivity contribution in [1.82, 2.24) is 5.32 Å². The third-order valence-corrected chi connectivity index (χ3v) is 2.74. The number of hydrogen-bond acceptors (Lipinski definition) is 3. The van der Waals surface area contributed by atoms with Crippen LogP contribution in [0.5, 0.6) is 0 Å². The van der Waals surface area contributed by atoms with Crippen LogP contribution in [-0.4, -0.2) is 24.4 Å². The monoisotopic (exact) mass is 213 g/mol. The van der Waals surface area contributed by atoms with Gasteiger partial charge >= 0.3 is 0 Å². The maximum absolute atomic E-state index is 11.6. The van der Waals surface area contributed by atoms with Crippen LogP contribution >= 0.6 is 0 Å². The first-order valence-electron chi connectivity index (χ1n) is 5.41. The van der Waals surface area contributed by atoms with Crippen LogP contribution in [0, 0.1) is 5.92 Å². The van der Waals surface area contributed by atoms with Crippen molar-refractivity contribution in [3.63, 3.8) is 0 Å². The van der Waals surface area contributed by atoms with E-state index in [9.17, 15) is 9.59 Å². The molecule has 5 N–H and O–H groups in total. The summed E-state index contributed by atoms with van der Waals surface area (Å²) >= 11 is 0. The van der Waals surface area contributed by atoms with Crippen LogP contribution < -0.4 is 16.8 Å². The number of hydrogen-bond donors (Lipinski definition) is 3. The molecule has 0 bridgehead atoms. The van der Waals surface area contributed by atoms with Crippen molar-refractivity contribution in [3.8, 4) is 0 Å². The first-order valence-corrected chi connectivity index (χ1v) is 5.41. The molecule has 86 valence electrons. The minimum atomic E-state index is -0.327. The molecule has 0 spiro atoms. The lowest BCUT2D eigenvalue weighted by atomic mass is 10.1. The van der Waals surface area contributed by atoms with Gasteiger partial charge in [-0.3, -0.25) is 9.59 Å². The fourth-order valence-corrected chi connectivity index (χ4v) is 1.87. The quantitative estimate of drug-likeness (QED) is 0.537. The van der Waals surface area contributed by atoms with Crippen LogP contribution in [0.1, 0.15) is 32.1 Å². The summed E-state index contributed by atoms with van der Waals surface area (Å²) < 4.78 is 0. The zero-order valence-electron chi connectivity index (χ0n) is 8.87. The van der Waals surface area contributed by atoms with Gasteiger partial charge in [0.1, 0.15) is 0 Å². The molecular formula is C10H19N3O2. The van der Waals surface area contributed by atoms with Crippen LogP contribution in [0.15, 0.2) is 0 Å². The van der Waals surface area contributed by atoms with Crippen molar-refractivity contribution >= 4 is 11.8 Å². The fraction of sp³-hybridized carbons (Fsp3) is 0.800. The van der Waals surface area contributed by atoms with E-state index in [1.165, 1.54) is 0 Å². The lowest BCUT2D eigenvalue weighted by molar-refractivity contribution is -0.125. The molecule has 0 saturated heterocycles. The van der Waals surface area contributed by atoms with Gasteiger partial charge in [-0.2, -0.15) is 0 Å². The van der Waals surface area contributed by atoms with E-state index in [0.717, 1.165) is 19.3 Å². The van der Waals surface area contributed by atoms with E-state index in [2.05, 4.69) is 5.32 Å². The fourth-order valence-electron chi connectivity index (χ4n) is 1.87. The summed E-state index contributed by atoms with van der Waals surface area (Å²) in [6.45, 7) is 0.521. The summed E-state index contributed by atoms with van der Waals surface area (Å²) in [7, 11) is 0. The van der Waals surface area contributed by atoms with Crippen LogP contribution in [0.25, 0.3) is 0 Å². The molecule has 0 aromatic carbocycles. The Morgan fingerprint density at radius 2 is 2.07 bits per heavy atom. The van der Waals surface area contributed by atoms with E-state index in [1.54, 1.807) is 0 Å². The molecule has 1 rings (SSSR count). The summed E-state index contributed by atoms with van der Waals surface area (Å²) in [5.74, 6) is -0.201. The van der Waals surface area contributed by atoms with Crippen LogP contribution in [0.2, 0.25) is 0 Å². The standard InChI is InChI=1S/C10H19N3O2/c11-8-4-3-7(6-8)10(15)13-5-1-2-9(12)14/h7-8H,1-6,11H2,(H2,12,14)(H,13,15). The minimum Gasteiger partial charge on any atom is -0.370 e. The smallest absolute Gasteiger partial charge is 0.223 e. The highest BCUT2D eigenvalue weighted by atomic mass is 16.2. The summed E-state index contributed by atoms with van der Waals surface area (Å²) in [5, 5.41) is 2.80. The van der Waals surface area contributed by atoms with E-state index in [-0.39, 0.29) is 23.8 Å². The molecule has 0 heterocycles. The van der Waals surface area contributed by atoms with Crippen molar-refractivity contribution in [2.45, 2.75) is 38.1 Å². The van der Waals surface area contributed by atoms with E-state index < -0.39 is 0 Å². The van der Waals surface area contributed by atoms with Gasteiger partial charge in [-0.1, -0.05) is 0 Å². The second-order valence-electron chi connectivity index (χ2n) is 4.13. The minimum absolute atomic E-state index is 0.0624. The molecule has 15 heavy (non-hydrogen) atoms. The SMILES string of the molecule is NC(=O)CCCNC(=O)C1CCC(N)C1. The Bertz CT molecular complexity index is 243. The Labute approximate surface area is 89.6 Å². The van der Waals surface area contributed by atoms with E-state index in [1.807, 2.05) is 0 Å². The Morgan fingerprint density at radius 1 is 1.33 bits per heavy atom. The van der Waals surface area contributed by atoms with Gasteiger partial charge in [0.05, 0.1) is 0 Å².